The standard InChI is InChI=1S/C11H18ClN3O/c1-7(2)8(3)5-13-9-6-14-15(4)11(16)10(9)12/h6-8,13H,5H2,1-4H3. The van der Waals surface area contributed by atoms with Crippen molar-refractivity contribution in [2.75, 3.05) is 11.9 Å². The first kappa shape index (κ1) is 13.0. The normalized spacial score (nSPS) is 12.9. The molecule has 0 radical (unpaired) electrons. The number of nitrogens with one attached hydrogen (secondary N) is 1. The number of rotatable bonds is 4. The molecule has 1 heterocycles. The van der Waals surface area contributed by atoms with E-state index in [2.05, 4.69) is 31.2 Å². The molecule has 4 nitrogen and oxygen atoms in total. The predicted octanol–water partition coefficient (Wildman–Crippen LogP) is 2.14. The molecule has 0 spiro atoms. The molecule has 1 unspecified atom stereocenters. The molecule has 1 aromatic heterocycles. The van der Waals surface area contributed by atoms with Gasteiger partial charge in [0.05, 0.1) is 11.9 Å². The summed E-state index contributed by atoms with van der Waals surface area (Å²) in [5.74, 6) is 1.10. The van der Waals surface area contributed by atoms with Gasteiger partial charge in [-0.25, -0.2) is 4.68 Å². The average molecular weight is 244 g/mol. The Morgan fingerprint density at radius 1 is 1.50 bits per heavy atom. The number of aryl methyl sites for hydroxylation is 1. The highest BCUT2D eigenvalue weighted by molar-refractivity contribution is 6.32. The molecule has 0 aliphatic carbocycles. The minimum absolute atomic E-state index is 0.202. The molecule has 1 aromatic rings. The summed E-state index contributed by atoms with van der Waals surface area (Å²) >= 11 is 5.93. The van der Waals surface area contributed by atoms with Crippen LogP contribution in [0.1, 0.15) is 20.8 Å². The summed E-state index contributed by atoms with van der Waals surface area (Å²) in [6.45, 7) is 7.26. The van der Waals surface area contributed by atoms with Crippen molar-refractivity contribution in [2.24, 2.45) is 18.9 Å². The Kier molecular flexibility index (Phi) is 4.35. The number of aromatic nitrogens is 2. The molecule has 0 saturated heterocycles. The molecule has 0 amide bonds. The Balaban J connectivity index is 2.76. The fourth-order valence-electron chi connectivity index (χ4n) is 1.14. The summed E-state index contributed by atoms with van der Waals surface area (Å²) in [4.78, 5) is 11.5. The fraction of sp³-hybridized carbons (Fsp3) is 0.636. The van der Waals surface area contributed by atoms with E-state index in [9.17, 15) is 4.79 Å². The molecule has 1 rings (SSSR count). The predicted molar refractivity (Wildman–Crippen MR) is 67.0 cm³/mol. The van der Waals surface area contributed by atoms with Gasteiger partial charge in [-0.2, -0.15) is 5.10 Å². The van der Waals surface area contributed by atoms with E-state index in [1.807, 2.05) is 0 Å². The van der Waals surface area contributed by atoms with Crippen LogP contribution in [-0.4, -0.2) is 16.3 Å². The first-order valence-electron chi connectivity index (χ1n) is 5.39. The van der Waals surface area contributed by atoms with Crippen LogP contribution in [0.4, 0.5) is 5.69 Å². The summed E-state index contributed by atoms with van der Waals surface area (Å²) in [7, 11) is 1.58. The molecule has 1 N–H and O–H groups in total. The molecule has 16 heavy (non-hydrogen) atoms. The third kappa shape index (κ3) is 2.98. The molecule has 0 saturated carbocycles. The van der Waals surface area contributed by atoms with E-state index in [0.29, 0.717) is 17.5 Å². The summed E-state index contributed by atoms with van der Waals surface area (Å²) in [5.41, 5.74) is 0.334. The van der Waals surface area contributed by atoms with Gasteiger partial charge in [0.2, 0.25) is 0 Å². The Labute approximate surface area is 101 Å². The smallest absolute Gasteiger partial charge is 0.287 e. The van der Waals surface area contributed by atoms with E-state index >= 15 is 0 Å². The van der Waals surface area contributed by atoms with Gasteiger partial charge in [0.25, 0.3) is 5.56 Å². The summed E-state index contributed by atoms with van der Waals surface area (Å²) in [6, 6.07) is 0. The van der Waals surface area contributed by atoms with Gasteiger partial charge in [-0.15, -0.1) is 0 Å². The highest BCUT2D eigenvalue weighted by Crippen LogP contribution is 2.17. The lowest BCUT2D eigenvalue weighted by Crippen LogP contribution is -2.23. The minimum atomic E-state index is -0.274. The van der Waals surface area contributed by atoms with Gasteiger partial charge in [-0.05, 0) is 11.8 Å². The highest BCUT2D eigenvalue weighted by atomic mass is 35.5. The van der Waals surface area contributed by atoms with Crippen molar-refractivity contribution in [1.82, 2.24) is 9.78 Å². The van der Waals surface area contributed by atoms with Gasteiger partial charge in [0.15, 0.2) is 0 Å². The zero-order valence-electron chi connectivity index (χ0n) is 10.1. The SMILES string of the molecule is CC(C)C(C)CNc1cnn(C)c(=O)c1Cl. The number of halogens is 1. The monoisotopic (exact) mass is 243 g/mol. The van der Waals surface area contributed by atoms with E-state index < -0.39 is 0 Å². The van der Waals surface area contributed by atoms with E-state index in [1.165, 1.54) is 4.68 Å². The molecule has 0 aromatic carbocycles. The van der Waals surface area contributed by atoms with Crippen LogP contribution in [0.15, 0.2) is 11.0 Å². The largest absolute Gasteiger partial charge is 0.382 e. The van der Waals surface area contributed by atoms with Crippen LogP contribution >= 0.6 is 11.6 Å². The van der Waals surface area contributed by atoms with Crippen LogP contribution in [0, 0.1) is 11.8 Å². The summed E-state index contributed by atoms with van der Waals surface area (Å²) in [6.07, 6.45) is 1.58. The van der Waals surface area contributed by atoms with Crippen molar-refractivity contribution in [3.8, 4) is 0 Å². The second-order valence-corrected chi connectivity index (χ2v) is 4.78. The second kappa shape index (κ2) is 5.34. The van der Waals surface area contributed by atoms with Crippen molar-refractivity contribution in [2.45, 2.75) is 20.8 Å². The van der Waals surface area contributed by atoms with Gasteiger partial charge in [0, 0.05) is 13.6 Å². The van der Waals surface area contributed by atoms with Crippen molar-refractivity contribution in [3.05, 3.63) is 21.6 Å². The molecule has 1 atom stereocenters. The van der Waals surface area contributed by atoms with Crippen LogP contribution in [0.5, 0.6) is 0 Å². The molecular formula is C11H18ClN3O. The quantitative estimate of drug-likeness (QED) is 0.882. The summed E-state index contributed by atoms with van der Waals surface area (Å²) < 4.78 is 1.22. The first-order valence-corrected chi connectivity index (χ1v) is 5.77. The number of nitrogens with zero attached hydrogens (tertiary/aromatic N) is 2. The first-order chi connectivity index (χ1) is 7.43. The maximum absolute atomic E-state index is 11.5. The average Bonchev–Trinajstić information content (AvgIpc) is 2.24. The summed E-state index contributed by atoms with van der Waals surface area (Å²) in [5, 5.41) is 7.28. The molecule has 5 heteroatoms. The van der Waals surface area contributed by atoms with Gasteiger partial charge in [0.1, 0.15) is 5.02 Å². The maximum atomic E-state index is 11.5. The molecule has 0 aliphatic rings. The van der Waals surface area contributed by atoms with Gasteiger partial charge in [-0.3, -0.25) is 4.79 Å². The number of anilines is 1. The third-order valence-corrected chi connectivity index (χ3v) is 3.20. The van der Waals surface area contributed by atoms with Crippen LogP contribution in [0.2, 0.25) is 5.02 Å². The maximum Gasteiger partial charge on any atom is 0.287 e. The molecule has 0 fully saturated rings. The zero-order valence-corrected chi connectivity index (χ0v) is 10.9. The topological polar surface area (TPSA) is 46.9 Å². The molecule has 0 bridgehead atoms. The van der Waals surface area contributed by atoms with E-state index in [1.54, 1.807) is 13.2 Å². The van der Waals surface area contributed by atoms with Crippen molar-refractivity contribution < 1.29 is 0 Å². The zero-order chi connectivity index (χ0) is 12.3. The lowest BCUT2D eigenvalue weighted by molar-refractivity contribution is 0.439. The highest BCUT2D eigenvalue weighted by Gasteiger charge is 2.10. The lowest BCUT2D eigenvalue weighted by atomic mass is 9.98. The van der Waals surface area contributed by atoms with Crippen LogP contribution < -0.4 is 10.9 Å². The van der Waals surface area contributed by atoms with Crippen molar-refractivity contribution >= 4 is 17.3 Å². The molecular weight excluding hydrogens is 226 g/mol. The Hall–Kier alpha value is -1.03. The third-order valence-electron chi connectivity index (χ3n) is 2.83. The Morgan fingerprint density at radius 2 is 2.12 bits per heavy atom. The van der Waals surface area contributed by atoms with Crippen molar-refractivity contribution in [3.63, 3.8) is 0 Å². The van der Waals surface area contributed by atoms with Crippen LogP contribution in [0.25, 0.3) is 0 Å². The van der Waals surface area contributed by atoms with Crippen LogP contribution in [0.3, 0.4) is 0 Å². The molecule has 0 aliphatic heterocycles. The Bertz CT molecular complexity index is 414. The number of hydrogen-bond donors (Lipinski definition) is 1. The van der Waals surface area contributed by atoms with Crippen LogP contribution in [-0.2, 0) is 7.05 Å². The Morgan fingerprint density at radius 3 is 2.69 bits per heavy atom. The van der Waals surface area contributed by atoms with Crippen molar-refractivity contribution in [1.29, 1.82) is 0 Å². The van der Waals surface area contributed by atoms with E-state index in [-0.39, 0.29) is 10.6 Å². The minimum Gasteiger partial charge on any atom is -0.382 e. The van der Waals surface area contributed by atoms with Gasteiger partial charge < -0.3 is 5.32 Å². The molecule has 90 valence electrons. The van der Waals surface area contributed by atoms with Gasteiger partial charge in [-0.1, -0.05) is 32.4 Å². The van der Waals surface area contributed by atoms with E-state index in [4.69, 9.17) is 11.6 Å². The lowest BCUT2D eigenvalue weighted by Gasteiger charge is -2.17. The second-order valence-electron chi connectivity index (χ2n) is 4.40. The van der Waals surface area contributed by atoms with E-state index in [0.717, 1.165) is 6.54 Å². The number of hydrogen-bond acceptors (Lipinski definition) is 3. The van der Waals surface area contributed by atoms with Gasteiger partial charge >= 0.3 is 0 Å². The fourth-order valence-corrected chi connectivity index (χ4v) is 1.38.